The molecule has 0 unspecified atom stereocenters. The second-order valence-corrected chi connectivity index (χ2v) is 7.25. The lowest BCUT2D eigenvalue weighted by atomic mass is 10.3. The van der Waals surface area contributed by atoms with E-state index in [0.717, 1.165) is 43.4 Å². The Bertz CT molecular complexity index is 739. The molecule has 0 aromatic carbocycles. The van der Waals surface area contributed by atoms with E-state index < -0.39 is 0 Å². The fourth-order valence-electron chi connectivity index (χ4n) is 2.92. The molecule has 9 heteroatoms. The number of nitrogens with one attached hydrogen (secondary N) is 1. The van der Waals surface area contributed by atoms with Crippen molar-refractivity contribution in [3.05, 3.63) is 40.2 Å². The minimum absolute atomic E-state index is 0. The van der Waals surface area contributed by atoms with Crippen LogP contribution in [0.1, 0.15) is 27.4 Å². The van der Waals surface area contributed by atoms with Crippen molar-refractivity contribution >= 4 is 47.2 Å². The number of guanidine groups is 1. The minimum Gasteiger partial charge on any atom is -0.459 e. The molecule has 1 aliphatic heterocycles. The molecule has 1 saturated heterocycles. The molecule has 1 aliphatic rings. The van der Waals surface area contributed by atoms with Gasteiger partial charge in [0.25, 0.3) is 5.91 Å². The van der Waals surface area contributed by atoms with Crippen LogP contribution in [0.15, 0.2) is 34.0 Å². The van der Waals surface area contributed by atoms with Crippen LogP contribution in [0, 0.1) is 0 Å². The van der Waals surface area contributed by atoms with Crippen molar-refractivity contribution in [2.24, 2.45) is 4.99 Å². The predicted molar refractivity (Wildman–Crippen MR) is 118 cm³/mol. The van der Waals surface area contributed by atoms with Crippen LogP contribution in [-0.2, 0) is 12.8 Å². The third kappa shape index (κ3) is 5.68. The van der Waals surface area contributed by atoms with Gasteiger partial charge in [-0.05, 0) is 18.6 Å². The Kier molecular flexibility index (Phi) is 8.55. The van der Waals surface area contributed by atoms with E-state index in [4.69, 9.17) is 4.42 Å². The van der Waals surface area contributed by atoms with E-state index in [1.807, 2.05) is 11.1 Å². The first-order chi connectivity index (χ1) is 12.7. The number of aliphatic imine (C=N–C) groups is 1. The van der Waals surface area contributed by atoms with Crippen molar-refractivity contribution in [1.82, 2.24) is 20.1 Å². The molecule has 0 radical (unpaired) electrons. The van der Waals surface area contributed by atoms with Crippen molar-refractivity contribution in [3.63, 3.8) is 0 Å². The van der Waals surface area contributed by atoms with Crippen molar-refractivity contribution < 1.29 is 9.21 Å². The predicted octanol–water partition coefficient (Wildman–Crippen LogP) is 2.49. The normalized spacial score (nSPS) is 14.8. The summed E-state index contributed by atoms with van der Waals surface area (Å²) in [5.74, 6) is 1.23. The molecule has 2 aromatic heterocycles. The second-order valence-electron chi connectivity index (χ2n) is 6.05. The molecule has 0 bridgehead atoms. The molecule has 0 aliphatic carbocycles. The summed E-state index contributed by atoms with van der Waals surface area (Å²) in [4.78, 5) is 26.5. The topological polar surface area (TPSA) is 74.0 Å². The quantitative estimate of drug-likeness (QED) is 0.386. The first-order valence-electron chi connectivity index (χ1n) is 8.93. The largest absolute Gasteiger partial charge is 0.459 e. The van der Waals surface area contributed by atoms with E-state index in [1.165, 1.54) is 11.1 Å². The Hall–Kier alpha value is -1.62. The summed E-state index contributed by atoms with van der Waals surface area (Å²) in [6.45, 7) is 5.77. The smallest absolute Gasteiger partial charge is 0.289 e. The Morgan fingerprint density at radius 2 is 2.07 bits per heavy atom. The van der Waals surface area contributed by atoms with Gasteiger partial charge in [0.1, 0.15) is 0 Å². The van der Waals surface area contributed by atoms with Crippen LogP contribution in [-0.4, -0.2) is 66.4 Å². The zero-order chi connectivity index (χ0) is 18.4. The SMILES string of the molecule is CCc1cnc(CCNC(=NC)N2CCN(C(=O)c3ccco3)CC2)s1.I. The van der Waals surface area contributed by atoms with Gasteiger partial charge in [0, 0.05) is 57.3 Å². The molecule has 0 atom stereocenters. The zero-order valence-electron chi connectivity index (χ0n) is 15.7. The minimum atomic E-state index is -0.0481. The zero-order valence-corrected chi connectivity index (χ0v) is 18.8. The maximum absolute atomic E-state index is 12.3. The third-order valence-electron chi connectivity index (χ3n) is 4.38. The van der Waals surface area contributed by atoms with E-state index >= 15 is 0 Å². The van der Waals surface area contributed by atoms with Crippen LogP contribution in [0.25, 0.3) is 0 Å². The maximum atomic E-state index is 12.3. The second kappa shape index (κ2) is 10.6. The molecule has 0 saturated carbocycles. The van der Waals surface area contributed by atoms with Crippen molar-refractivity contribution in [2.75, 3.05) is 39.8 Å². The molecule has 1 N–H and O–H groups in total. The lowest BCUT2D eigenvalue weighted by Gasteiger charge is -2.36. The lowest BCUT2D eigenvalue weighted by molar-refractivity contribution is 0.0658. The van der Waals surface area contributed by atoms with Gasteiger partial charge >= 0.3 is 0 Å². The first-order valence-corrected chi connectivity index (χ1v) is 9.75. The maximum Gasteiger partial charge on any atom is 0.289 e. The average molecular weight is 503 g/mol. The number of amides is 1. The van der Waals surface area contributed by atoms with Gasteiger partial charge in [-0.1, -0.05) is 6.92 Å². The third-order valence-corrected chi connectivity index (χ3v) is 5.58. The summed E-state index contributed by atoms with van der Waals surface area (Å²) >= 11 is 1.77. The Morgan fingerprint density at radius 3 is 2.67 bits per heavy atom. The highest BCUT2D eigenvalue weighted by atomic mass is 127. The van der Waals surface area contributed by atoms with Crippen LogP contribution in [0.5, 0.6) is 0 Å². The fraction of sp³-hybridized carbons (Fsp3) is 0.500. The van der Waals surface area contributed by atoms with E-state index in [2.05, 4.69) is 27.1 Å². The highest BCUT2D eigenvalue weighted by Crippen LogP contribution is 2.13. The van der Waals surface area contributed by atoms with E-state index in [0.29, 0.717) is 18.8 Å². The number of nitrogens with zero attached hydrogens (tertiary/aromatic N) is 4. The number of aromatic nitrogens is 1. The highest BCUT2D eigenvalue weighted by Gasteiger charge is 2.25. The Morgan fingerprint density at radius 1 is 1.33 bits per heavy atom. The van der Waals surface area contributed by atoms with Gasteiger partial charge in [0.15, 0.2) is 11.7 Å². The summed E-state index contributed by atoms with van der Waals surface area (Å²) < 4.78 is 5.20. The van der Waals surface area contributed by atoms with Gasteiger partial charge in [0.05, 0.1) is 11.3 Å². The molecular formula is C18H26IN5O2S. The summed E-state index contributed by atoms with van der Waals surface area (Å²) in [7, 11) is 1.79. The molecule has 3 rings (SSSR count). The Balaban J connectivity index is 0.00000261. The molecule has 7 nitrogen and oxygen atoms in total. The van der Waals surface area contributed by atoms with Crippen molar-refractivity contribution in [3.8, 4) is 0 Å². The number of hydrogen-bond acceptors (Lipinski definition) is 5. The van der Waals surface area contributed by atoms with E-state index in [-0.39, 0.29) is 29.9 Å². The molecule has 148 valence electrons. The molecule has 3 heterocycles. The number of carbonyl (C=O) groups is 1. The monoisotopic (exact) mass is 503 g/mol. The van der Waals surface area contributed by atoms with Crippen LogP contribution in [0.3, 0.4) is 0 Å². The van der Waals surface area contributed by atoms with Crippen LogP contribution in [0.2, 0.25) is 0 Å². The molecular weight excluding hydrogens is 477 g/mol. The summed E-state index contributed by atoms with van der Waals surface area (Å²) in [5.41, 5.74) is 0. The number of carbonyl (C=O) groups excluding carboxylic acids is 1. The number of rotatable bonds is 5. The van der Waals surface area contributed by atoms with Crippen molar-refractivity contribution in [1.29, 1.82) is 0 Å². The fourth-order valence-corrected chi connectivity index (χ4v) is 3.78. The number of aryl methyl sites for hydroxylation is 1. The van der Waals surface area contributed by atoms with Crippen LogP contribution < -0.4 is 5.32 Å². The molecule has 1 amide bonds. The summed E-state index contributed by atoms with van der Waals surface area (Å²) in [6, 6.07) is 3.44. The highest BCUT2D eigenvalue weighted by molar-refractivity contribution is 14.0. The Labute approximate surface area is 180 Å². The number of furan rings is 1. The standard InChI is InChI=1S/C18H25N5O2S.HI/c1-3-14-13-21-16(26-14)6-7-20-18(19-2)23-10-8-22(9-11-23)17(24)15-5-4-12-25-15;/h4-5,12-13H,3,6-11H2,1-2H3,(H,19,20);1H. The van der Waals surface area contributed by atoms with E-state index in [1.54, 1.807) is 30.5 Å². The van der Waals surface area contributed by atoms with Gasteiger partial charge in [-0.2, -0.15) is 0 Å². The lowest BCUT2D eigenvalue weighted by Crippen LogP contribution is -2.53. The van der Waals surface area contributed by atoms with Gasteiger partial charge in [0.2, 0.25) is 0 Å². The number of piperazine rings is 1. The summed E-state index contributed by atoms with van der Waals surface area (Å²) in [5, 5.41) is 4.56. The van der Waals surface area contributed by atoms with E-state index in [9.17, 15) is 4.79 Å². The average Bonchev–Trinajstić information content (AvgIpc) is 3.37. The summed E-state index contributed by atoms with van der Waals surface area (Å²) in [6.07, 6.45) is 5.42. The van der Waals surface area contributed by atoms with Gasteiger partial charge < -0.3 is 19.5 Å². The van der Waals surface area contributed by atoms with Gasteiger partial charge in [-0.25, -0.2) is 4.98 Å². The van der Waals surface area contributed by atoms with Gasteiger partial charge in [-0.15, -0.1) is 35.3 Å². The number of hydrogen-bond donors (Lipinski definition) is 1. The van der Waals surface area contributed by atoms with Crippen LogP contribution >= 0.6 is 35.3 Å². The van der Waals surface area contributed by atoms with Crippen molar-refractivity contribution in [2.45, 2.75) is 19.8 Å². The molecule has 1 fully saturated rings. The molecule has 0 spiro atoms. The van der Waals surface area contributed by atoms with Gasteiger partial charge in [-0.3, -0.25) is 9.79 Å². The number of thiazole rings is 1. The first kappa shape index (κ1) is 21.7. The molecule has 27 heavy (non-hydrogen) atoms. The number of halogens is 1. The van der Waals surface area contributed by atoms with Crippen LogP contribution in [0.4, 0.5) is 0 Å². The molecule has 2 aromatic rings.